The van der Waals surface area contributed by atoms with Crippen LogP contribution in [0.4, 0.5) is 13.2 Å². The molecule has 0 aromatic heterocycles. The molecule has 0 aliphatic carbocycles. The van der Waals surface area contributed by atoms with Crippen LogP contribution in [-0.4, -0.2) is 31.8 Å². The molecule has 1 aromatic rings. The maximum Gasteiger partial charge on any atom is 0.573 e. The Kier molecular flexibility index (Phi) is 5.26. The fourth-order valence-corrected chi connectivity index (χ4v) is 2.47. The van der Waals surface area contributed by atoms with Crippen LogP contribution in [0.3, 0.4) is 0 Å². The standard InChI is InChI=1S/C13H20BF3O4Si/c1-12(2,3)22(4,5)21-11-8-9(20-13(15,16)17)6-7-10(11)14(18)19/h6-8,18-19H,1-5H3. The largest absolute Gasteiger partial charge is 0.573 e. The van der Waals surface area contributed by atoms with Crippen LogP contribution in [0.1, 0.15) is 20.8 Å². The summed E-state index contributed by atoms with van der Waals surface area (Å²) in [7, 11) is -4.21. The number of alkyl halides is 3. The molecule has 1 aromatic carbocycles. The zero-order valence-electron chi connectivity index (χ0n) is 13.2. The van der Waals surface area contributed by atoms with Crippen molar-refractivity contribution in [1.29, 1.82) is 0 Å². The minimum atomic E-state index is -4.83. The monoisotopic (exact) mass is 336 g/mol. The molecule has 0 atom stereocenters. The van der Waals surface area contributed by atoms with Crippen LogP contribution in [0.2, 0.25) is 18.1 Å². The van der Waals surface area contributed by atoms with Gasteiger partial charge in [-0.15, -0.1) is 13.2 Å². The van der Waals surface area contributed by atoms with Crippen molar-refractivity contribution in [3.63, 3.8) is 0 Å². The third-order valence-corrected chi connectivity index (χ3v) is 8.01. The summed E-state index contributed by atoms with van der Waals surface area (Å²) in [6, 6.07) is 3.19. The van der Waals surface area contributed by atoms with Crippen LogP contribution in [0.25, 0.3) is 0 Å². The molecule has 1 rings (SSSR count). The van der Waals surface area contributed by atoms with E-state index in [1.165, 1.54) is 0 Å². The third kappa shape index (κ3) is 4.92. The average molecular weight is 336 g/mol. The number of halogens is 3. The lowest BCUT2D eigenvalue weighted by molar-refractivity contribution is -0.274. The van der Waals surface area contributed by atoms with Gasteiger partial charge in [-0.05, 0) is 24.2 Å². The molecular formula is C13H20BF3O4Si. The fraction of sp³-hybridized carbons (Fsp3) is 0.538. The molecule has 0 saturated carbocycles. The lowest BCUT2D eigenvalue weighted by atomic mass is 9.79. The Morgan fingerprint density at radius 3 is 2.05 bits per heavy atom. The predicted octanol–water partition coefficient (Wildman–Crippen LogP) is 2.65. The van der Waals surface area contributed by atoms with Crippen LogP contribution in [0.15, 0.2) is 18.2 Å². The molecule has 0 radical (unpaired) electrons. The quantitative estimate of drug-likeness (QED) is 0.830. The minimum Gasteiger partial charge on any atom is -0.544 e. The van der Waals surface area contributed by atoms with Crippen molar-refractivity contribution in [2.45, 2.75) is 45.3 Å². The summed E-state index contributed by atoms with van der Waals surface area (Å²) in [5, 5.41) is 18.5. The van der Waals surface area contributed by atoms with E-state index in [1.807, 2.05) is 33.9 Å². The SMILES string of the molecule is CC(C)(C)[Si](C)(C)Oc1cc(OC(F)(F)F)ccc1B(O)O. The second-order valence-electron chi connectivity index (χ2n) is 6.48. The molecule has 22 heavy (non-hydrogen) atoms. The molecule has 0 unspecified atom stereocenters. The summed E-state index contributed by atoms with van der Waals surface area (Å²) in [6.07, 6.45) is -4.83. The van der Waals surface area contributed by atoms with E-state index in [0.29, 0.717) is 0 Å². The topological polar surface area (TPSA) is 58.9 Å². The van der Waals surface area contributed by atoms with Crippen LogP contribution in [-0.2, 0) is 0 Å². The zero-order chi connectivity index (χ0) is 17.3. The number of ether oxygens (including phenoxy) is 1. The maximum absolute atomic E-state index is 12.3. The summed E-state index contributed by atoms with van der Waals surface area (Å²) >= 11 is 0. The summed E-state index contributed by atoms with van der Waals surface area (Å²) in [6.45, 7) is 9.69. The molecule has 0 saturated heterocycles. The van der Waals surface area contributed by atoms with Gasteiger partial charge in [0, 0.05) is 11.5 Å². The lowest BCUT2D eigenvalue weighted by Gasteiger charge is -2.37. The molecule has 0 fully saturated rings. The van der Waals surface area contributed by atoms with Gasteiger partial charge in [0.2, 0.25) is 8.32 Å². The zero-order valence-corrected chi connectivity index (χ0v) is 14.2. The molecule has 9 heteroatoms. The van der Waals surface area contributed by atoms with Gasteiger partial charge in [0.25, 0.3) is 0 Å². The van der Waals surface area contributed by atoms with Crippen LogP contribution in [0.5, 0.6) is 11.5 Å². The van der Waals surface area contributed by atoms with Crippen LogP contribution in [0, 0.1) is 0 Å². The van der Waals surface area contributed by atoms with E-state index in [4.69, 9.17) is 4.43 Å². The van der Waals surface area contributed by atoms with Crippen molar-refractivity contribution in [2.24, 2.45) is 0 Å². The van der Waals surface area contributed by atoms with Crippen LogP contribution >= 0.6 is 0 Å². The Labute approximate surface area is 129 Å². The molecule has 4 nitrogen and oxygen atoms in total. The first kappa shape index (κ1) is 18.9. The molecule has 0 aliphatic rings. The molecule has 0 heterocycles. The number of benzene rings is 1. The van der Waals surface area contributed by atoms with Gasteiger partial charge in [-0.25, -0.2) is 0 Å². The van der Waals surface area contributed by atoms with Gasteiger partial charge in [0.05, 0.1) is 0 Å². The smallest absolute Gasteiger partial charge is 0.544 e. The van der Waals surface area contributed by atoms with E-state index in [-0.39, 0.29) is 16.3 Å². The van der Waals surface area contributed by atoms with E-state index in [0.717, 1.165) is 18.2 Å². The Balaban J connectivity index is 3.22. The van der Waals surface area contributed by atoms with E-state index in [2.05, 4.69) is 4.74 Å². The van der Waals surface area contributed by atoms with Crippen molar-refractivity contribution >= 4 is 20.9 Å². The highest BCUT2D eigenvalue weighted by Crippen LogP contribution is 2.37. The van der Waals surface area contributed by atoms with Crippen molar-refractivity contribution in [1.82, 2.24) is 0 Å². The number of hydrogen-bond donors (Lipinski definition) is 2. The van der Waals surface area contributed by atoms with Crippen molar-refractivity contribution in [2.75, 3.05) is 0 Å². The van der Waals surface area contributed by atoms with Gasteiger partial charge in [0.15, 0.2) is 0 Å². The second kappa shape index (κ2) is 6.13. The highest BCUT2D eigenvalue weighted by molar-refractivity contribution is 6.75. The van der Waals surface area contributed by atoms with E-state index >= 15 is 0 Å². The van der Waals surface area contributed by atoms with Gasteiger partial charge >= 0.3 is 13.5 Å². The van der Waals surface area contributed by atoms with E-state index in [9.17, 15) is 23.2 Å². The Morgan fingerprint density at radius 1 is 1.09 bits per heavy atom. The first-order valence-electron chi connectivity index (χ1n) is 6.68. The van der Waals surface area contributed by atoms with Gasteiger partial charge in [-0.2, -0.15) is 0 Å². The lowest BCUT2D eigenvalue weighted by Crippen LogP contribution is -2.46. The van der Waals surface area contributed by atoms with Gasteiger partial charge < -0.3 is 19.2 Å². The number of rotatable bonds is 4. The molecule has 124 valence electrons. The second-order valence-corrected chi connectivity index (χ2v) is 11.2. The predicted molar refractivity (Wildman–Crippen MR) is 80.8 cm³/mol. The van der Waals surface area contributed by atoms with Crippen molar-refractivity contribution in [3.05, 3.63) is 18.2 Å². The highest BCUT2D eigenvalue weighted by atomic mass is 28.4. The van der Waals surface area contributed by atoms with Gasteiger partial charge in [-0.1, -0.05) is 26.8 Å². The normalized spacial score (nSPS) is 13.0. The molecular weight excluding hydrogens is 316 g/mol. The molecule has 0 spiro atoms. The van der Waals surface area contributed by atoms with Gasteiger partial charge in [0.1, 0.15) is 11.5 Å². The van der Waals surface area contributed by atoms with Crippen molar-refractivity contribution in [3.8, 4) is 11.5 Å². The first-order valence-corrected chi connectivity index (χ1v) is 9.58. The maximum atomic E-state index is 12.3. The van der Waals surface area contributed by atoms with Crippen molar-refractivity contribution < 1.29 is 32.4 Å². The third-order valence-electron chi connectivity index (χ3n) is 3.67. The van der Waals surface area contributed by atoms with Gasteiger partial charge in [-0.3, -0.25) is 0 Å². The summed E-state index contributed by atoms with van der Waals surface area (Å²) < 4.78 is 46.7. The summed E-state index contributed by atoms with van der Waals surface area (Å²) in [4.78, 5) is 0. The minimum absolute atomic E-state index is 0.000602. The highest BCUT2D eigenvalue weighted by Gasteiger charge is 2.40. The summed E-state index contributed by atoms with van der Waals surface area (Å²) in [5.74, 6) is -0.478. The molecule has 0 amide bonds. The van der Waals surface area contributed by atoms with E-state index in [1.54, 1.807) is 0 Å². The first-order chi connectivity index (χ1) is 9.73. The number of hydrogen-bond acceptors (Lipinski definition) is 4. The molecule has 0 aliphatic heterocycles. The van der Waals surface area contributed by atoms with E-state index < -0.39 is 27.5 Å². The van der Waals surface area contributed by atoms with Crippen LogP contribution < -0.4 is 14.6 Å². The summed E-state index contributed by atoms with van der Waals surface area (Å²) in [5.41, 5.74) is -0.000602. The molecule has 0 bridgehead atoms. The Morgan fingerprint density at radius 2 is 1.64 bits per heavy atom. The average Bonchev–Trinajstić information content (AvgIpc) is 2.23. The Bertz CT molecular complexity index is 527. The molecule has 2 N–H and O–H groups in total. The Hall–Kier alpha value is -1.19. The fourth-order valence-electron chi connectivity index (χ4n) is 1.44.